The van der Waals surface area contributed by atoms with Gasteiger partial charge >= 0.3 is 0 Å². The molecule has 0 radical (unpaired) electrons. The number of aromatic nitrogens is 2. The molecule has 0 atom stereocenters. The maximum absolute atomic E-state index is 13.4. The maximum Gasteiger partial charge on any atom is 0.257 e. The summed E-state index contributed by atoms with van der Waals surface area (Å²) in [4.78, 5) is 17.6. The van der Waals surface area contributed by atoms with Crippen molar-refractivity contribution < 1.29 is 8.78 Å². The van der Waals surface area contributed by atoms with Crippen molar-refractivity contribution >= 4 is 11.8 Å². The van der Waals surface area contributed by atoms with E-state index in [2.05, 4.69) is 11.1 Å². The molecular weight excluding hydrogens is 378 g/mol. The summed E-state index contributed by atoms with van der Waals surface area (Å²) in [5.74, 6) is -0.893. The van der Waals surface area contributed by atoms with Gasteiger partial charge in [-0.15, -0.1) is 0 Å². The van der Waals surface area contributed by atoms with Crippen LogP contribution in [0.25, 0.3) is 0 Å². The SMILES string of the molecule is CCc1nc(SCc2cc(F)cc(F)c2)n(C)c(=O)c1Cc1cccc(C)c1. The van der Waals surface area contributed by atoms with Crippen LogP contribution in [-0.4, -0.2) is 9.55 Å². The van der Waals surface area contributed by atoms with Crippen LogP contribution in [0.4, 0.5) is 8.78 Å². The zero-order chi connectivity index (χ0) is 20.3. The summed E-state index contributed by atoms with van der Waals surface area (Å²) >= 11 is 1.30. The van der Waals surface area contributed by atoms with E-state index in [4.69, 9.17) is 0 Å². The van der Waals surface area contributed by atoms with Gasteiger partial charge < -0.3 is 0 Å². The second-order valence-electron chi connectivity index (χ2n) is 6.77. The van der Waals surface area contributed by atoms with Crippen molar-refractivity contribution in [1.82, 2.24) is 9.55 Å². The standard InChI is InChI=1S/C22H22F2N2OS/c1-4-20-19(11-15-7-5-6-14(2)8-15)21(27)26(3)22(25-20)28-13-16-9-17(23)12-18(24)10-16/h5-10,12H,4,11,13H2,1-3H3. The van der Waals surface area contributed by atoms with E-state index in [1.165, 1.54) is 28.5 Å². The molecule has 3 nitrogen and oxygen atoms in total. The monoisotopic (exact) mass is 400 g/mol. The van der Waals surface area contributed by atoms with Gasteiger partial charge in [-0.3, -0.25) is 9.36 Å². The first-order valence-corrected chi connectivity index (χ1v) is 10.1. The van der Waals surface area contributed by atoms with E-state index >= 15 is 0 Å². The van der Waals surface area contributed by atoms with Gasteiger partial charge in [-0.1, -0.05) is 48.5 Å². The molecule has 1 aromatic heterocycles. The minimum Gasteiger partial charge on any atom is -0.291 e. The van der Waals surface area contributed by atoms with Crippen molar-refractivity contribution in [3.8, 4) is 0 Å². The Kier molecular flexibility index (Phi) is 6.29. The van der Waals surface area contributed by atoms with Crippen molar-refractivity contribution in [2.75, 3.05) is 0 Å². The minimum absolute atomic E-state index is 0.0821. The average molecular weight is 400 g/mol. The summed E-state index contributed by atoms with van der Waals surface area (Å²) in [6.45, 7) is 3.99. The topological polar surface area (TPSA) is 34.9 Å². The molecule has 0 saturated heterocycles. The van der Waals surface area contributed by atoms with Crippen LogP contribution < -0.4 is 5.56 Å². The number of nitrogens with zero attached hydrogens (tertiary/aromatic N) is 2. The van der Waals surface area contributed by atoms with Crippen LogP contribution >= 0.6 is 11.8 Å². The zero-order valence-electron chi connectivity index (χ0n) is 16.1. The van der Waals surface area contributed by atoms with E-state index < -0.39 is 11.6 Å². The predicted octanol–water partition coefficient (Wildman–Crippen LogP) is 4.81. The minimum atomic E-state index is -0.611. The van der Waals surface area contributed by atoms with Crippen LogP contribution in [-0.2, 0) is 25.6 Å². The lowest BCUT2D eigenvalue weighted by Gasteiger charge is -2.14. The highest BCUT2D eigenvalue weighted by molar-refractivity contribution is 7.98. The van der Waals surface area contributed by atoms with Crippen LogP contribution in [0.1, 0.15) is 34.9 Å². The summed E-state index contributed by atoms with van der Waals surface area (Å²) in [5, 5.41) is 0.541. The number of benzene rings is 2. The Morgan fingerprint density at radius 1 is 1.07 bits per heavy atom. The lowest BCUT2D eigenvalue weighted by atomic mass is 10.0. The van der Waals surface area contributed by atoms with Crippen molar-refractivity contribution in [1.29, 1.82) is 0 Å². The van der Waals surface area contributed by atoms with Gasteiger partial charge in [0.25, 0.3) is 5.56 Å². The lowest BCUT2D eigenvalue weighted by molar-refractivity contribution is 0.581. The summed E-state index contributed by atoms with van der Waals surface area (Å²) in [7, 11) is 1.68. The fraction of sp³-hybridized carbons (Fsp3) is 0.273. The Morgan fingerprint density at radius 3 is 2.43 bits per heavy atom. The summed E-state index contributed by atoms with van der Waals surface area (Å²) in [5.41, 5.74) is 4.10. The molecule has 0 fully saturated rings. The van der Waals surface area contributed by atoms with Gasteiger partial charge in [0.05, 0.1) is 5.69 Å². The number of rotatable bonds is 6. The molecule has 3 aromatic rings. The van der Waals surface area contributed by atoms with Gasteiger partial charge in [0.1, 0.15) is 11.6 Å². The Morgan fingerprint density at radius 2 is 1.79 bits per heavy atom. The van der Waals surface area contributed by atoms with Crippen LogP contribution in [0, 0.1) is 18.6 Å². The molecule has 146 valence electrons. The number of halogens is 2. The molecule has 0 aliphatic carbocycles. The molecule has 0 unspecified atom stereocenters. The van der Waals surface area contributed by atoms with Gasteiger partial charge in [-0.25, -0.2) is 13.8 Å². The van der Waals surface area contributed by atoms with Gasteiger partial charge in [0.2, 0.25) is 0 Å². The van der Waals surface area contributed by atoms with Crippen LogP contribution in [0.2, 0.25) is 0 Å². The molecule has 0 amide bonds. The quantitative estimate of drug-likeness (QED) is 0.440. The average Bonchev–Trinajstić information content (AvgIpc) is 2.64. The molecule has 6 heteroatoms. The second-order valence-corrected chi connectivity index (χ2v) is 7.71. The van der Waals surface area contributed by atoms with E-state index in [-0.39, 0.29) is 5.56 Å². The Hall–Kier alpha value is -2.47. The highest BCUT2D eigenvalue weighted by atomic mass is 32.2. The normalized spacial score (nSPS) is 11.0. The van der Waals surface area contributed by atoms with Gasteiger partial charge in [0, 0.05) is 30.9 Å². The number of thioether (sulfide) groups is 1. The highest BCUT2D eigenvalue weighted by Crippen LogP contribution is 2.23. The first-order valence-electron chi connectivity index (χ1n) is 9.09. The number of hydrogen-bond acceptors (Lipinski definition) is 3. The first-order chi connectivity index (χ1) is 13.4. The number of hydrogen-bond donors (Lipinski definition) is 0. The van der Waals surface area contributed by atoms with E-state index in [1.807, 2.05) is 32.0 Å². The van der Waals surface area contributed by atoms with Crippen LogP contribution in [0.5, 0.6) is 0 Å². The molecule has 2 aromatic carbocycles. The fourth-order valence-corrected chi connectivity index (χ4v) is 4.05. The van der Waals surface area contributed by atoms with Gasteiger partial charge in [-0.2, -0.15) is 0 Å². The molecule has 28 heavy (non-hydrogen) atoms. The van der Waals surface area contributed by atoms with E-state index in [1.54, 1.807) is 7.05 Å². The molecule has 0 bridgehead atoms. The lowest BCUT2D eigenvalue weighted by Crippen LogP contribution is -2.26. The second kappa shape index (κ2) is 8.69. The Bertz CT molecular complexity index is 1040. The van der Waals surface area contributed by atoms with Crippen molar-refractivity contribution in [2.45, 2.75) is 37.6 Å². The molecule has 0 aliphatic heterocycles. The Labute approximate surface area is 167 Å². The third kappa shape index (κ3) is 4.68. The highest BCUT2D eigenvalue weighted by Gasteiger charge is 2.15. The van der Waals surface area contributed by atoms with E-state index in [0.29, 0.717) is 34.9 Å². The summed E-state index contributed by atoms with van der Waals surface area (Å²) in [6, 6.07) is 11.5. The molecule has 1 heterocycles. The number of aryl methyl sites for hydroxylation is 2. The Balaban J connectivity index is 1.89. The predicted molar refractivity (Wildman–Crippen MR) is 109 cm³/mol. The largest absolute Gasteiger partial charge is 0.291 e. The third-order valence-corrected chi connectivity index (χ3v) is 5.62. The van der Waals surface area contributed by atoms with Gasteiger partial charge in [-0.05, 0) is 36.6 Å². The molecule has 3 rings (SSSR count). The van der Waals surface area contributed by atoms with Crippen molar-refractivity contribution in [3.63, 3.8) is 0 Å². The zero-order valence-corrected chi connectivity index (χ0v) is 16.9. The summed E-state index contributed by atoms with van der Waals surface area (Å²) < 4.78 is 28.3. The smallest absolute Gasteiger partial charge is 0.257 e. The molecular formula is C22H22F2N2OS. The van der Waals surface area contributed by atoms with E-state index in [0.717, 1.165) is 22.9 Å². The maximum atomic E-state index is 13.4. The molecule has 0 saturated carbocycles. The third-order valence-electron chi connectivity index (χ3n) is 4.52. The summed E-state index contributed by atoms with van der Waals surface area (Å²) in [6.07, 6.45) is 1.17. The fourth-order valence-electron chi connectivity index (χ4n) is 3.14. The van der Waals surface area contributed by atoms with Crippen molar-refractivity contribution in [2.24, 2.45) is 7.05 Å². The van der Waals surface area contributed by atoms with Crippen molar-refractivity contribution in [3.05, 3.63) is 92.4 Å². The van der Waals surface area contributed by atoms with Crippen LogP contribution in [0.15, 0.2) is 52.4 Å². The van der Waals surface area contributed by atoms with Crippen LogP contribution in [0.3, 0.4) is 0 Å². The molecule has 0 aliphatic rings. The molecule has 0 N–H and O–H groups in total. The first kappa shape index (κ1) is 20.3. The molecule has 0 spiro atoms. The van der Waals surface area contributed by atoms with Gasteiger partial charge in [0.15, 0.2) is 5.16 Å². The van der Waals surface area contributed by atoms with E-state index in [9.17, 15) is 13.6 Å².